The molecule has 144 valence electrons. The number of unbranched alkanes of at least 4 members (excludes halogenated alkanes) is 3. The van der Waals surface area contributed by atoms with E-state index in [1.165, 1.54) is 109 Å². The summed E-state index contributed by atoms with van der Waals surface area (Å²) in [5.74, 6) is 3.00. The van der Waals surface area contributed by atoms with Crippen molar-refractivity contribution in [2.24, 2.45) is 22.7 Å². The first-order valence-corrected chi connectivity index (χ1v) is 11.8. The van der Waals surface area contributed by atoms with E-state index in [1.54, 1.807) is 0 Å². The van der Waals surface area contributed by atoms with E-state index in [2.05, 4.69) is 17.1 Å². The normalized spacial score (nSPS) is 26.1. The fourth-order valence-electron chi connectivity index (χ4n) is 5.37. The Hall–Kier alpha value is -0.200. The molecule has 25 heavy (non-hydrogen) atoms. The summed E-state index contributed by atoms with van der Waals surface area (Å²) >= 11 is 4.80. The molecule has 0 aromatic heterocycles. The minimum absolute atomic E-state index is 0.483. The number of thiocarbonyl (C=S) groups is 1. The van der Waals surface area contributed by atoms with Crippen LogP contribution in [0.1, 0.15) is 116 Å². The highest BCUT2D eigenvalue weighted by molar-refractivity contribution is 7.78. The Balaban J connectivity index is 1.74. The lowest BCUT2D eigenvalue weighted by Crippen LogP contribution is -2.24. The van der Waals surface area contributed by atoms with Crippen LogP contribution in [0.4, 0.5) is 0 Å². The Morgan fingerprint density at radius 2 is 1.60 bits per heavy atom. The Morgan fingerprint density at radius 1 is 0.880 bits per heavy atom. The summed E-state index contributed by atoms with van der Waals surface area (Å²) in [4.78, 5) is 4.35. The van der Waals surface area contributed by atoms with Crippen LogP contribution in [-0.4, -0.2) is 11.2 Å². The molecular weight excluding hydrogens is 322 g/mol. The first kappa shape index (κ1) is 21.1. The molecule has 1 nitrogen and oxygen atoms in total. The van der Waals surface area contributed by atoms with E-state index in [1.807, 2.05) is 0 Å². The number of isothiocyanates is 1. The average Bonchev–Trinajstić information content (AvgIpc) is 2.66. The molecule has 2 rings (SSSR count). The molecule has 0 saturated heterocycles. The summed E-state index contributed by atoms with van der Waals surface area (Å²) in [7, 11) is 0. The molecule has 1 unspecified atom stereocenters. The standard InChI is InChI=1S/C23H41NS/c1-2-3-4-8-13-21(14-9-12-20-10-6-5-7-11-20)22-15-17-23(18-16-22)24-19-25/h20-23H,2-18H2,1H3/t21?,22-,23-. The van der Waals surface area contributed by atoms with Crippen LogP contribution in [0.3, 0.4) is 0 Å². The number of hydrogen-bond acceptors (Lipinski definition) is 2. The van der Waals surface area contributed by atoms with E-state index in [0.717, 1.165) is 17.8 Å². The van der Waals surface area contributed by atoms with Gasteiger partial charge in [0.15, 0.2) is 0 Å². The van der Waals surface area contributed by atoms with Crippen LogP contribution in [0, 0.1) is 17.8 Å². The van der Waals surface area contributed by atoms with E-state index in [0.29, 0.717) is 6.04 Å². The van der Waals surface area contributed by atoms with Crippen LogP contribution in [-0.2, 0) is 0 Å². The summed E-state index contributed by atoms with van der Waals surface area (Å²) in [6, 6.07) is 0.483. The monoisotopic (exact) mass is 363 g/mol. The SMILES string of the molecule is CCCCCCC(CCCC1CCCCC1)[C@H]1CC[C@H](N=C=S)CC1. The summed E-state index contributed by atoms with van der Waals surface area (Å²) < 4.78 is 0. The van der Waals surface area contributed by atoms with E-state index >= 15 is 0 Å². The molecule has 0 aromatic rings. The molecule has 2 heteroatoms. The molecule has 0 bridgehead atoms. The van der Waals surface area contributed by atoms with Crippen LogP contribution >= 0.6 is 12.2 Å². The van der Waals surface area contributed by atoms with Crippen LogP contribution in [0.15, 0.2) is 4.99 Å². The molecule has 2 saturated carbocycles. The lowest BCUT2D eigenvalue weighted by molar-refractivity contribution is 0.199. The van der Waals surface area contributed by atoms with Gasteiger partial charge in [-0.15, -0.1) is 0 Å². The molecule has 2 aliphatic rings. The molecule has 2 aliphatic carbocycles. The van der Waals surface area contributed by atoms with Crippen molar-refractivity contribution < 1.29 is 0 Å². The van der Waals surface area contributed by atoms with Crippen LogP contribution in [0.5, 0.6) is 0 Å². The zero-order valence-corrected chi connectivity index (χ0v) is 17.5. The molecule has 0 aliphatic heterocycles. The smallest absolute Gasteiger partial charge is 0.0603 e. The van der Waals surface area contributed by atoms with Crippen molar-refractivity contribution >= 4 is 17.4 Å². The predicted octanol–water partition coefficient (Wildman–Crippen LogP) is 7.99. The maximum atomic E-state index is 4.80. The van der Waals surface area contributed by atoms with Crippen LogP contribution < -0.4 is 0 Å². The third-order valence-corrected chi connectivity index (χ3v) is 7.09. The summed E-state index contributed by atoms with van der Waals surface area (Å²) in [6.45, 7) is 2.32. The lowest BCUT2D eigenvalue weighted by atomic mass is 9.74. The molecule has 2 fully saturated rings. The molecule has 0 spiro atoms. The highest BCUT2D eigenvalue weighted by atomic mass is 32.1. The largest absolute Gasteiger partial charge is 0.229 e. The fourth-order valence-corrected chi connectivity index (χ4v) is 5.52. The Morgan fingerprint density at radius 3 is 2.28 bits per heavy atom. The number of hydrogen-bond donors (Lipinski definition) is 0. The van der Waals surface area contributed by atoms with E-state index in [4.69, 9.17) is 12.2 Å². The predicted molar refractivity (Wildman–Crippen MR) is 113 cm³/mol. The first-order chi connectivity index (χ1) is 12.3. The maximum Gasteiger partial charge on any atom is 0.0603 e. The molecule has 0 aromatic carbocycles. The second-order valence-corrected chi connectivity index (χ2v) is 9.02. The van der Waals surface area contributed by atoms with Gasteiger partial charge >= 0.3 is 0 Å². The highest BCUT2D eigenvalue weighted by Crippen LogP contribution is 2.37. The van der Waals surface area contributed by atoms with Gasteiger partial charge < -0.3 is 0 Å². The molecule has 0 heterocycles. The third kappa shape index (κ3) is 8.35. The second kappa shape index (κ2) is 13.0. The summed E-state index contributed by atoms with van der Waals surface area (Å²) in [5.41, 5.74) is 0. The van der Waals surface area contributed by atoms with E-state index in [-0.39, 0.29) is 0 Å². The van der Waals surface area contributed by atoms with Gasteiger partial charge in [0.25, 0.3) is 0 Å². The van der Waals surface area contributed by atoms with Gasteiger partial charge in [-0.1, -0.05) is 90.4 Å². The average molecular weight is 364 g/mol. The van der Waals surface area contributed by atoms with Crippen molar-refractivity contribution in [3.05, 3.63) is 0 Å². The number of rotatable bonds is 11. The lowest BCUT2D eigenvalue weighted by Gasteiger charge is -2.33. The summed E-state index contributed by atoms with van der Waals surface area (Å²) in [6.07, 6.45) is 24.4. The van der Waals surface area contributed by atoms with Gasteiger partial charge in [-0.25, -0.2) is 4.99 Å². The Kier molecular flexibility index (Phi) is 11.0. The van der Waals surface area contributed by atoms with E-state index in [9.17, 15) is 0 Å². The van der Waals surface area contributed by atoms with Gasteiger partial charge in [-0.05, 0) is 55.7 Å². The fraction of sp³-hybridized carbons (Fsp3) is 0.957. The quantitative estimate of drug-likeness (QED) is 0.206. The highest BCUT2D eigenvalue weighted by Gasteiger charge is 2.27. The zero-order valence-electron chi connectivity index (χ0n) is 16.7. The third-order valence-electron chi connectivity index (χ3n) is 6.98. The van der Waals surface area contributed by atoms with Crippen molar-refractivity contribution in [2.75, 3.05) is 0 Å². The molecule has 0 radical (unpaired) electrons. The molecule has 0 amide bonds. The Bertz CT molecular complexity index is 374. The van der Waals surface area contributed by atoms with Crippen molar-refractivity contribution in [1.82, 2.24) is 0 Å². The zero-order chi connectivity index (χ0) is 17.7. The van der Waals surface area contributed by atoms with Gasteiger partial charge in [0.2, 0.25) is 0 Å². The minimum Gasteiger partial charge on any atom is -0.229 e. The minimum atomic E-state index is 0.483. The van der Waals surface area contributed by atoms with Gasteiger partial charge in [-0.3, -0.25) is 0 Å². The molecule has 1 atom stereocenters. The van der Waals surface area contributed by atoms with Crippen LogP contribution in [0.25, 0.3) is 0 Å². The van der Waals surface area contributed by atoms with Crippen molar-refractivity contribution in [3.63, 3.8) is 0 Å². The number of nitrogens with zero attached hydrogens (tertiary/aromatic N) is 1. The number of aliphatic imine (C=N–C) groups is 1. The van der Waals surface area contributed by atoms with Crippen molar-refractivity contribution in [3.8, 4) is 0 Å². The molecule has 0 N–H and O–H groups in total. The van der Waals surface area contributed by atoms with E-state index < -0.39 is 0 Å². The van der Waals surface area contributed by atoms with Gasteiger partial charge in [-0.2, -0.15) is 0 Å². The second-order valence-electron chi connectivity index (χ2n) is 8.83. The topological polar surface area (TPSA) is 12.4 Å². The molecular formula is C23H41NS. The van der Waals surface area contributed by atoms with Crippen molar-refractivity contribution in [2.45, 2.75) is 122 Å². The van der Waals surface area contributed by atoms with Gasteiger partial charge in [0, 0.05) is 0 Å². The van der Waals surface area contributed by atoms with Crippen molar-refractivity contribution in [1.29, 1.82) is 0 Å². The maximum absolute atomic E-state index is 4.80. The van der Waals surface area contributed by atoms with Gasteiger partial charge in [0.1, 0.15) is 0 Å². The van der Waals surface area contributed by atoms with Crippen LogP contribution in [0.2, 0.25) is 0 Å². The van der Waals surface area contributed by atoms with Gasteiger partial charge in [0.05, 0.1) is 11.2 Å². The first-order valence-electron chi connectivity index (χ1n) is 11.4. The Labute approximate surface area is 162 Å². The summed E-state index contributed by atoms with van der Waals surface area (Å²) in [5, 5.41) is 2.61.